The maximum Gasteiger partial charge on any atom is 0.135 e. The first-order valence-electron chi connectivity index (χ1n) is 4.42. The smallest absolute Gasteiger partial charge is 0.135 e. The van der Waals surface area contributed by atoms with Gasteiger partial charge in [0.05, 0.1) is 0 Å². The van der Waals surface area contributed by atoms with Crippen molar-refractivity contribution in [2.24, 2.45) is 5.92 Å². The van der Waals surface area contributed by atoms with Gasteiger partial charge in [-0.15, -0.1) is 0 Å². The van der Waals surface area contributed by atoms with Gasteiger partial charge < -0.3 is 4.90 Å². The third-order valence-electron chi connectivity index (χ3n) is 2.04. The number of likely N-dealkylation sites (tertiary alicyclic amines) is 1. The van der Waals surface area contributed by atoms with Crippen LogP contribution in [0.1, 0.15) is 26.7 Å². The summed E-state index contributed by atoms with van der Waals surface area (Å²) in [4.78, 5) is 13.2. The molecule has 0 bridgehead atoms. The Bertz CT molecular complexity index is 132. The van der Waals surface area contributed by atoms with Crippen molar-refractivity contribution in [3.63, 3.8) is 0 Å². The molecule has 2 nitrogen and oxygen atoms in total. The topological polar surface area (TPSA) is 20.3 Å². The quantitative estimate of drug-likeness (QED) is 0.599. The average Bonchev–Trinajstić information content (AvgIpc) is 1.93. The van der Waals surface area contributed by atoms with Crippen LogP contribution in [-0.4, -0.2) is 30.3 Å². The zero-order valence-electron chi connectivity index (χ0n) is 7.47. The summed E-state index contributed by atoms with van der Waals surface area (Å²) in [7, 11) is 0. The molecule has 0 spiro atoms. The molecule has 1 heterocycles. The summed E-state index contributed by atoms with van der Waals surface area (Å²) in [6.07, 6.45) is 1.54. The molecule has 0 aliphatic carbocycles. The number of hydrogen-bond donors (Lipinski definition) is 0. The number of piperidine rings is 1. The van der Waals surface area contributed by atoms with Crippen LogP contribution < -0.4 is 0 Å². The van der Waals surface area contributed by atoms with E-state index in [9.17, 15) is 4.79 Å². The van der Waals surface area contributed by atoms with Crippen LogP contribution in [0.2, 0.25) is 0 Å². The van der Waals surface area contributed by atoms with E-state index >= 15 is 0 Å². The zero-order chi connectivity index (χ0) is 8.27. The van der Waals surface area contributed by atoms with Gasteiger partial charge in [0.15, 0.2) is 0 Å². The van der Waals surface area contributed by atoms with Gasteiger partial charge in [0, 0.05) is 32.5 Å². The molecule has 0 saturated carbocycles. The molecule has 0 aromatic heterocycles. The van der Waals surface area contributed by atoms with Crippen molar-refractivity contribution in [1.29, 1.82) is 0 Å². The van der Waals surface area contributed by atoms with Gasteiger partial charge in [0.1, 0.15) is 5.78 Å². The van der Waals surface area contributed by atoms with E-state index < -0.39 is 0 Å². The third-order valence-corrected chi connectivity index (χ3v) is 2.04. The first-order valence-corrected chi connectivity index (χ1v) is 4.42. The highest BCUT2D eigenvalue weighted by Crippen LogP contribution is 2.07. The Morgan fingerprint density at radius 3 is 2.36 bits per heavy atom. The fourth-order valence-corrected chi connectivity index (χ4v) is 1.50. The Morgan fingerprint density at radius 1 is 1.36 bits per heavy atom. The highest BCUT2D eigenvalue weighted by Gasteiger charge is 2.15. The van der Waals surface area contributed by atoms with E-state index in [0.717, 1.165) is 38.4 Å². The highest BCUT2D eigenvalue weighted by atomic mass is 16.1. The van der Waals surface area contributed by atoms with Gasteiger partial charge in [0.25, 0.3) is 0 Å². The number of carbonyl (C=O) groups is 1. The predicted octanol–water partition coefficient (Wildman–Crippen LogP) is 1.31. The molecule has 64 valence electrons. The van der Waals surface area contributed by atoms with Crippen LogP contribution in [0, 0.1) is 5.92 Å². The van der Waals surface area contributed by atoms with Gasteiger partial charge in [-0.25, -0.2) is 0 Å². The van der Waals surface area contributed by atoms with Gasteiger partial charge in [0.2, 0.25) is 0 Å². The van der Waals surface area contributed by atoms with Crippen molar-refractivity contribution in [3.8, 4) is 0 Å². The molecule has 0 amide bonds. The summed E-state index contributed by atoms with van der Waals surface area (Å²) >= 11 is 0. The summed E-state index contributed by atoms with van der Waals surface area (Å²) in [5.41, 5.74) is 0. The molecule has 0 unspecified atom stereocenters. The summed E-state index contributed by atoms with van der Waals surface area (Å²) in [6, 6.07) is 0. The molecule has 1 saturated heterocycles. The van der Waals surface area contributed by atoms with Gasteiger partial charge in [-0.2, -0.15) is 0 Å². The Morgan fingerprint density at radius 2 is 1.91 bits per heavy atom. The van der Waals surface area contributed by atoms with Crippen LogP contribution >= 0.6 is 0 Å². The SMILES string of the molecule is CC(C)CN1CCC(=O)CC1. The molecule has 0 N–H and O–H groups in total. The Balaban J connectivity index is 2.22. The summed E-state index contributed by atoms with van der Waals surface area (Å²) < 4.78 is 0. The lowest BCUT2D eigenvalue weighted by Crippen LogP contribution is -2.36. The standard InChI is InChI=1S/C9H17NO/c1-8(2)7-10-5-3-9(11)4-6-10/h8H,3-7H2,1-2H3. The lowest BCUT2D eigenvalue weighted by Gasteiger charge is -2.27. The lowest BCUT2D eigenvalue weighted by atomic mass is 10.1. The highest BCUT2D eigenvalue weighted by molar-refractivity contribution is 5.79. The second-order valence-corrected chi connectivity index (χ2v) is 3.73. The largest absolute Gasteiger partial charge is 0.302 e. The lowest BCUT2D eigenvalue weighted by molar-refractivity contribution is -0.121. The monoisotopic (exact) mass is 155 g/mol. The van der Waals surface area contributed by atoms with Crippen LogP contribution in [-0.2, 0) is 4.79 Å². The van der Waals surface area contributed by atoms with E-state index in [1.165, 1.54) is 0 Å². The normalized spacial score (nSPS) is 21.2. The molecule has 0 atom stereocenters. The van der Waals surface area contributed by atoms with Crippen LogP contribution in [0.25, 0.3) is 0 Å². The Kier molecular flexibility index (Phi) is 3.06. The molecule has 0 aromatic carbocycles. The minimum absolute atomic E-state index is 0.435. The second-order valence-electron chi connectivity index (χ2n) is 3.73. The van der Waals surface area contributed by atoms with E-state index in [2.05, 4.69) is 18.7 Å². The minimum Gasteiger partial charge on any atom is -0.302 e. The van der Waals surface area contributed by atoms with E-state index in [1.54, 1.807) is 0 Å². The van der Waals surface area contributed by atoms with Crippen molar-refractivity contribution in [2.75, 3.05) is 19.6 Å². The van der Waals surface area contributed by atoms with Gasteiger partial charge in [-0.3, -0.25) is 4.79 Å². The molecule has 0 aromatic rings. The second kappa shape index (κ2) is 3.86. The number of ketones is 1. The van der Waals surface area contributed by atoms with Crippen LogP contribution in [0.4, 0.5) is 0 Å². The first kappa shape index (κ1) is 8.72. The van der Waals surface area contributed by atoms with Gasteiger partial charge >= 0.3 is 0 Å². The summed E-state index contributed by atoms with van der Waals surface area (Å²) in [6.45, 7) is 7.55. The average molecular weight is 155 g/mol. The summed E-state index contributed by atoms with van der Waals surface area (Å²) in [5, 5.41) is 0. The zero-order valence-corrected chi connectivity index (χ0v) is 7.47. The van der Waals surface area contributed by atoms with Crippen molar-refractivity contribution >= 4 is 5.78 Å². The van der Waals surface area contributed by atoms with E-state index in [-0.39, 0.29) is 0 Å². The van der Waals surface area contributed by atoms with Crippen molar-refractivity contribution in [2.45, 2.75) is 26.7 Å². The first-order chi connectivity index (χ1) is 5.18. The summed E-state index contributed by atoms with van der Waals surface area (Å²) in [5.74, 6) is 1.16. The van der Waals surface area contributed by atoms with Crippen LogP contribution in [0.3, 0.4) is 0 Å². The molecular formula is C9H17NO. The van der Waals surface area contributed by atoms with Crippen molar-refractivity contribution in [1.82, 2.24) is 4.90 Å². The van der Waals surface area contributed by atoms with E-state index in [4.69, 9.17) is 0 Å². The van der Waals surface area contributed by atoms with Gasteiger partial charge in [-0.1, -0.05) is 13.8 Å². The third kappa shape index (κ3) is 3.02. The van der Waals surface area contributed by atoms with E-state index in [0.29, 0.717) is 5.78 Å². The Hall–Kier alpha value is -0.370. The maximum absolute atomic E-state index is 10.9. The van der Waals surface area contributed by atoms with Crippen molar-refractivity contribution < 1.29 is 4.79 Å². The number of carbonyl (C=O) groups excluding carboxylic acids is 1. The molecule has 2 heteroatoms. The fourth-order valence-electron chi connectivity index (χ4n) is 1.50. The Labute approximate surface area is 68.6 Å². The van der Waals surface area contributed by atoms with Gasteiger partial charge in [-0.05, 0) is 5.92 Å². The van der Waals surface area contributed by atoms with Crippen molar-refractivity contribution in [3.05, 3.63) is 0 Å². The predicted molar refractivity (Wildman–Crippen MR) is 45.5 cm³/mol. The molecule has 11 heavy (non-hydrogen) atoms. The van der Waals surface area contributed by atoms with E-state index in [1.807, 2.05) is 0 Å². The maximum atomic E-state index is 10.9. The minimum atomic E-state index is 0.435. The number of rotatable bonds is 2. The molecule has 1 rings (SSSR count). The fraction of sp³-hybridized carbons (Fsp3) is 0.889. The molecule has 1 fully saturated rings. The van der Waals surface area contributed by atoms with Crippen LogP contribution in [0.15, 0.2) is 0 Å². The molecular weight excluding hydrogens is 138 g/mol. The molecule has 1 aliphatic heterocycles. The molecule has 0 radical (unpaired) electrons. The number of hydrogen-bond acceptors (Lipinski definition) is 2. The van der Waals surface area contributed by atoms with Crippen LogP contribution in [0.5, 0.6) is 0 Å². The number of Topliss-reactive ketones (excluding diaryl/α,β-unsaturated/α-hetero) is 1. The number of nitrogens with zero attached hydrogens (tertiary/aromatic N) is 1. The molecule has 1 aliphatic rings.